The zero-order valence-corrected chi connectivity index (χ0v) is 13.8. The quantitative estimate of drug-likeness (QED) is 0.826. The van der Waals surface area contributed by atoms with Gasteiger partial charge in [0, 0.05) is 16.7 Å². The molecule has 1 aliphatic heterocycles. The van der Waals surface area contributed by atoms with Gasteiger partial charge in [0.1, 0.15) is 0 Å². The first-order chi connectivity index (χ1) is 12.3. The number of carbonyl (C=O) groups is 2. The number of Topliss-reactive ketones (excluding diaryl/α,β-unsaturated/α-hetero) is 1. The molecule has 1 N–H and O–H groups in total. The minimum absolute atomic E-state index is 0.0679. The van der Waals surface area contributed by atoms with Crippen molar-refractivity contribution >= 4 is 29.1 Å². The van der Waals surface area contributed by atoms with Crippen molar-refractivity contribution < 1.29 is 22.8 Å². The van der Waals surface area contributed by atoms with E-state index in [1.807, 2.05) is 0 Å². The third-order valence-corrected chi connectivity index (χ3v) is 4.77. The van der Waals surface area contributed by atoms with Crippen LogP contribution in [0.25, 0.3) is 0 Å². The molecule has 9 heteroatoms. The molecule has 1 amide bonds. The van der Waals surface area contributed by atoms with Gasteiger partial charge in [-0.05, 0) is 24.3 Å². The zero-order chi connectivity index (χ0) is 18.9. The van der Waals surface area contributed by atoms with Crippen molar-refractivity contribution in [2.24, 2.45) is 0 Å². The number of pyridine rings is 1. The fourth-order valence-corrected chi connectivity index (χ4v) is 3.19. The average molecular weight is 377 g/mol. The molecule has 1 aromatic carbocycles. The third kappa shape index (κ3) is 3.55. The van der Waals surface area contributed by atoms with Crippen LogP contribution >= 0.6 is 11.8 Å². The number of anilines is 1. The normalized spacial score (nSPS) is 14.8. The summed E-state index contributed by atoms with van der Waals surface area (Å²) >= 11 is 1.32. The summed E-state index contributed by atoms with van der Waals surface area (Å²) in [7, 11) is 0. The largest absolute Gasteiger partial charge is 0.417 e. The summed E-state index contributed by atoms with van der Waals surface area (Å²) in [6, 6.07) is 8.20. The Bertz CT molecular complexity index is 920. The van der Waals surface area contributed by atoms with Crippen molar-refractivity contribution in [3.8, 4) is 6.07 Å². The summed E-state index contributed by atoms with van der Waals surface area (Å²) in [5.41, 5.74) is -0.394. The van der Waals surface area contributed by atoms with Crippen LogP contribution in [-0.4, -0.2) is 22.4 Å². The number of hydrogen-bond acceptors (Lipinski definition) is 5. The highest BCUT2D eigenvalue weighted by Gasteiger charge is 2.32. The molecule has 1 aliphatic rings. The monoisotopic (exact) mass is 377 g/mol. The number of benzene rings is 1. The number of nitrogens with one attached hydrogen (secondary N) is 1. The summed E-state index contributed by atoms with van der Waals surface area (Å²) < 4.78 is 37.8. The minimum Gasteiger partial charge on any atom is -0.324 e. The van der Waals surface area contributed by atoms with Gasteiger partial charge in [-0.15, -0.1) is 11.8 Å². The molecule has 0 saturated carbocycles. The fraction of sp³-hybridized carbons (Fsp3) is 0.176. The molecule has 0 fully saturated rings. The third-order valence-electron chi connectivity index (χ3n) is 3.70. The van der Waals surface area contributed by atoms with Gasteiger partial charge in [0.25, 0.3) is 0 Å². The lowest BCUT2D eigenvalue weighted by molar-refractivity contribution is -0.137. The van der Waals surface area contributed by atoms with E-state index in [4.69, 9.17) is 0 Å². The lowest BCUT2D eigenvalue weighted by Gasteiger charge is -2.17. The second-order valence-electron chi connectivity index (χ2n) is 5.44. The van der Waals surface area contributed by atoms with Crippen molar-refractivity contribution in [1.82, 2.24) is 4.98 Å². The van der Waals surface area contributed by atoms with Crippen LogP contribution in [-0.2, 0) is 11.0 Å². The number of aromatic nitrogens is 1. The molecule has 1 aromatic heterocycles. The standard InChI is InChI=1S/C17H10F3N3O2S/c18-17(19,20)10-2-3-12(22-7-10)11(6-21)16(25)9-1-4-14-13(5-9)23-15(24)8-26-14/h1-5,7,11H,8H2,(H,23,24). The van der Waals surface area contributed by atoms with Crippen molar-refractivity contribution in [3.05, 3.63) is 53.3 Å². The molecule has 0 spiro atoms. The molecule has 0 bridgehead atoms. The predicted octanol–water partition coefficient (Wildman–Crippen LogP) is 3.63. The molecular formula is C17H10F3N3O2S. The van der Waals surface area contributed by atoms with Gasteiger partial charge in [-0.1, -0.05) is 6.07 Å². The number of nitrogens with zero attached hydrogens (tertiary/aromatic N) is 2. The Kier molecular flexibility index (Phi) is 4.70. The molecule has 0 saturated heterocycles. The lowest BCUT2D eigenvalue weighted by Crippen LogP contribution is -2.20. The number of amides is 1. The highest BCUT2D eigenvalue weighted by atomic mass is 32.2. The van der Waals surface area contributed by atoms with Crippen LogP contribution in [0.3, 0.4) is 0 Å². The number of halogens is 3. The highest BCUT2D eigenvalue weighted by molar-refractivity contribution is 8.00. The van der Waals surface area contributed by atoms with Gasteiger partial charge in [-0.2, -0.15) is 18.4 Å². The van der Waals surface area contributed by atoms with Gasteiger partial charge in [0.05, 0.1) is 28.8 Å². The second kappa shape index (κ2) is 6.80. The number of alkyl halides is 3. The van der Waals surface area contributed by atoms with E-state index in [1.165, 1.54) is 23.9 Å². The van der Waals surface area contributed by atoms with Crippen molar-refractivity contribution in [3.63, 3.8) is 0 Å². The molecule has 0 aliphatic carbocycles. The molecule has 1 atom stereocenters. The van der Waals surface area contributed by atoms with Gasteiger partial charge < -0.3 is 5.32 Å². The maximum absolute atomic E-state index is 12.6. The van der Waals surface area contributed by atoms with E-state index in [0.717, 1.165) is 17.0 Å². The lowest BCUT2D eigenvalue weighted by atomic mass is 9.94. The summed E-state index contributed by atoms with van der Waals surface area (Å²) in [6.45, 7) is 0. The number of nitriles is 1. The first-order valence-corrected chi connectivity index (χ1v) is 8.32. The molecule has 0 radical (unpaired) electrons. The molecular weight excluding hydrogens is 367 g/mol. The second-order valence-corrected chi connectivity index (χ2v) is 6.46. The maximum atomic E-state index is 12.6. The van der Waals surface area contributed by atoms with E-state index in [2.05, 4.69) is 10.3 Å². The van der Waals surface area contributed by atoms with Crippen LogP contribution in [0.5, 0.6) is 0 Å². The number of ketones is 1. The van der Waals surface area contributed by atoms with Crippen LogP contribution in [0.15, 0.2) is 41.4 Å². The van der Waals surface area contributed by atoms with Crippen LogP contribution < -0.4 is 5.32 Å². The van der Waals surface area contributed by atoms with Crippen LogP contribution in [0.1, 0.15) is 27.5 Å². The highest BCUT2D eigenvalue weighted by Crippen LogP contribution is 2.33. The predicted molar refractivity (Wildman–Crippen MR) is 87.7 cm³/mol. The average Bonchev–Trinajstić information content (AvgIpc) is 2.61. The van der Waals surface area contributed by atoms with Gasteiger partial charge >= 0.3 is 6.18 Å². The Labute approximate surface area is 150 Å². The van der Waals surface area contributed by atoms with Gasteiger partial charge in [0.15, 0.2) is 11.7 Å². The Balaban J connectivity index is 1.89. The number of thioether (sulfide) groups is 1. The van der Waals surface area contributed by atoms with Crippen molar-refractivity contribution in [1.29, 1.82) is 5.26 Å². The number of hydrogen-bond donors (Lipinski definition) is 1. The van der Waals surface area contributed by atoms with E-state index >= 15 is 0 Å². The minimum atomic E-state index is -4.55. The Morgan fingerprint density at radius 1 is 1.31 bits per heavy atom. The molecule has 2 heterocycles. The van der Waals surface area contributed by atoms with Crippen LogP contribution in [0.4, 0.5) is 18.9 Å². The summed E-state index contributed by atoms with van der Waals surface area (Å²) in [4.78, 5) is 28.5. The molecule has 132 valence electrons. The van der Waals surface area contributed by atoms with E-state index in [9.17, 15) is 28.0 Å². The Morgan fingerprint density at radius 2 is 2.08 bits per heavy atom. The topological polar surface area (TPSA) is 82.9 Å². The first-order valence-electron chi connectivity index (χ1n) is 7.33. The summed E-state index contributed by atoms with van der Waals surface area (Å²) in [6.07, 6.45) is -3.96. The number of carbonyl (C=O) groups excluding carboxylic acids is 2. The zero-order valence-electron chi connectivity index (χ0n) is 13.0. The van der Waals surface area contributed by atoms with Gasteiger partial charge in [-0.3, -0.25) is 14.6 Å². The fourth-order valence-electron chi connectivity index (χ4n) is 2.41. The SMILES string of the molecule is N#CC(C(=O)c1ccc2c(c1)NC(=O)CS2)c1ccc(C(F)(F)F)cn1. The molecule has 26 heavy (non-hydrogen) atoms. The molecule has 3 rings (SSSR count). The molecule has 1 unspecified atom stereocenters. The number of rotatable bonds is 3. The summed E-state index contributed by atoms with van der Waals surface area (Å²) in [5, 5.41) is 12.0. The molecule has 5 nitrogen and oxygen atoms in total. The van der Waals surface area contributed by atoms with Gasteiger partial charge in [0.2, 0.25) is 5.91 Å². The summed E-state index contributed by atoms with van der Waals surface area (Å²) in [5.74, 6) is -1.88. The van der Waals surface area contributed by atoms with Crippen molar-refractivity contribution in [2.45, 2.75) is 17.0 Å². The van der Waals surface area contributed by atoms with E-state index in [1.54, 1.807) is 12.1 Å². The number of fused-ring (bicyclic) bond motifs is 1. The molecule has 2 aromatic rings. The van der Waals surface area contributed by atoms with E-state index in [-0.39, 0.29) is 22.9 Å². The first kappa shape index (κ1) is 17.9. The van der Waals surface area contributed by atoms with Gasteiger partial charge in [-0.25, -0.2) is 0 Å². The Hall–Kier alpha value is -2.86. The van der Waals surface area contributed by atoms with E-state index in [0.29, 0.717) is 11.9 Å². The Morgan fingerprint density at radius 3 is 2.69 bits per heavy atom. The smallest absolute Gasteiger partial charge is 0.324 e. The van der Waals surface area contributed by atoms with E-state index < -0.39 is 23.4 Å². The maximum Gasteiger partial charge on any atom is 0.417 e. The van der Waals surface area contributed by atoms with Crippen molar-refractivity contribution in [2.75, 3.05) is 11.1 Å². The van der Waals surface area contributed by atoms with Crippen LogP contribution in [0.2, 0.25) is 0 Å². The van der Waals surface area contributed by atoms with Crippen LogP contribution in [0, 0.1) is 11.3 Å².